The van der Waals surface area contributed by atoms with Crippen LogP contribution < -0.4 is 16.4 Å². The molecule has 0 unspecified atom stereocenters. The third-order valence-corrected chi connectivity index (χ3v) is 3.73. The van der Waals surface area contributed by atoms with Gasteiger partial charge in [-0.15, -0.1) is 0 Å². The highest BCUT2D eigenvalue weighted by atomic mass is 16.1. The fourth-order valence-corrected chi connectivity index (χ4v) is 2.38. The number of aryl methyl sites for hydroxylation is 3. The van der Waals surface area contributed by atoms with Crippen molar-refractivity contribution < 1.29 is 4.79 Å². The van der Waals surface area contributed by atoms with E-state index in [1.807, 2.05) is 20.9 Å². The summed E-state index contributed by atoms with van der Waals surface area (Å²) in [7, 11) is 1.81. The summed E-state index contributed by atoms with van der Waals surface area (Å²) in [5, 5.41) is 17.3. The van der Waals surface area contributed by atoms with Crippen molar-refractivity contribution in [2.24, 2.45) is 12.8 Å². The van der Waals surface area contributed by atoms with Crippen molar-refractivity contribution in [2.75, 3.05) is 10.6 Å². The average Bonchev–Trinajstić information content (AvgIpc) is 3.11. The lowest BCUT2D eigenvalue weighted by molar-refractivity contribution is 0.100. The standard InChI is InChI=1S/C15H19N9O/c1-8-11(9(2)23-22-8)5-17-14-12(13(16)25)6-18-15(21-14)20-10-4-19-24(3)7-10/h4,6-7H,5H2,1-3H3,(H2,16,25)(H,22,23)(H2,17,18,20,21). The Morgan fingerprint density at radius 2 is 2.16 bits per heavy atom. The number of nitrogens with one attached hydrogen (secondary N) is 3. The van der Waals surface area contributed by atoms with Gasteiger partial charge in [0, 0.05) is 37.2 Å². The van der Waals surface area contributed by atoms with Gasteiger partial charge in [-0.2, -0.15) is 15.2 Å². The predicted molar refractivity (Wildman–Crippen MR) is 92.4 cm³/mol. The second-order valence-corrected chi connectivity index (χ2v) is 5.61. The lowest BCUT2D eigenvalue weighted by Crippen LogP contribution is -2.17. The second-order valence-electron chi connectivity index (χ2n) is 5.61. The van der Waals surface area contributed by atoms with Gasteiger partial charge >= 0.3 is 0 Å². The van der Waals surface area contributed by atoms with E-state index in [2.05, 4.69) is 35.9 Å². The third-order valence-electron chi connectivity index (χ3n) is 3.73. The molecule has 25 heavy (non-hydrogen) atoms. The van der Waals surface area contributed by atoms with E-state index < -0.39 is 5.91 Å². The van der Waals surface area contributed by atoms with E-state index in [1.165, 1.54) is 6.20 Å². The maximum atomic E-state index is 11.6. The Bertz CT molecular complexity index is 892. The van der Waals surface area contributed by atoms with E-state index in [4.69, 9.17) is 5.73 Å². The van der Waals surface area contributed by atoms with Crippen LogP contribution in [0.2, 0.25) is 0 Å². The number of primary amides is 1. The van der Waals surface area contributed by atoms with Crippen LogP contribution in [0, 0.1) is 13.8 Å². The van der Waals surface area contributed by atoms with Crippen molar-refractivity contribution in [1.82, 2.24) is 29.9 Å². The molecule has 0 saturated heterocycles. The molecular formula is C15H19N9O. The van der Waals surface area contributed by atoms with Gasteiger partial charge in [0.2, 0.25) is 5.95 Å². The number of rotatable bonds is 6. The zero-order chi connectivity index (χ0) is 18.0. The van der Waals surface area contributed by atoms with Crippen molar-refractivity contribution in [3.8, 4) is 0 Å². The third kappa shape index (κ3) is 3.57. The van der Waals surface area contributed by atoms with Crippen molar-refractivity contribution >= 4 is 23.4 Å². The summed E-state index contributed by atoms with van der Waals surface area (Å²) in [6.45, 7) is 4.30. The molecule has 0 bridgehead atoms. The molecule has 0 aromatic carbocycles. The number of hydrogen-bond donors (Lipinski definition) is 4. The summed E-state index contributed by atoms with van der Waals surface area (Å²) in [6, 6.07) is 0. The molecule has 3 rings (SSSR count). The molecular weight excluding hydrogens is 322 g/mol. The highest BCUT2D eigenvalue weighted by molar-refractivity contribution is 5.97. The molecule has 0 spiro atoms. The first-order chi connectivity index (χ1) is 11.9. The zero-order valence-corrected chi connectivity index (χ0v) is 14.2. The van der Waals surface area contributed by atoms with E-state index in [9.17, 15) is 4.79 Å². The number of amides is 1. The minimum absolute atomic E-state index is 0.218. The lowest BCUT2D eigenvalue weighted by atomic mass is 10.2. The van der Waals surface area contributed by atoms with Gasteiger partial charge in [0.15, 0.2) is 0 Å². The molecule has 5 N–H and O–H groups in total. The number of H-pyrrole nitrogens is 1. The molecule has 0 radical (unpaired) electrons. The van der Waals surface area contributed by atoms with Gasteiger partial charge < -0.3 is 16.4 Å². The van der Waals surface area contributed by atoms with E-state index in [1.54, 1.807) is 17.1 Å². The molecule has 0 atom stereocenters. The summed E-state index contributed by atoms with van der Waals surface area (Å²) in [5.41, 5.74) is 9.22. The van der Waals surface area contributed by atoms with Gasteiger partial charge in [-0.1, -0.05) is 0 Å². The highest BCUT2D eigenvalue weighted by Gasteiger charge is 2.14. The normalized spacial score (nSPS) is 10.7. The summed E-state index contributed by atoms with van der Waals surface area (Å²) in [6.07, 6.45) is 4.83. The van der Waals surface area contributed by atoms with Crippen molar-refractivity contribution in [2.45, 2.75) is 20.4 Å². The Hall–Kier alpha value is -3.43. The van der Waals surface area contributed by atoms with Crippen LogP contribution in [0.1, 0.15) is 27.3 Å². The molecule has 10 heteroatoms. The van der Waals surface area contributed by atoms with Crippen molar-refractivity contribution in [3.63, 3.8) is 0 Å². The zero-order valence-electron chi connectivity index (χ0n) is 14.2. The number of carbonyl (C=O) groups excluding carboxylic acids is 1. The average molecular weight is 341 g/mol. The Kier molecular flexibility index (Phi) is 4.33. The van der Waals surface area contributed by atoms with Crippen LogP contribution in [0.3, 0.4) is 0 Å². The maximum absolute atomic E-state index is 11.6. The van der Waals surface area contributed by atoms with Crippen LogP contribution >= 0.6 is 0 Å². The smallest absolute Gasteiger partial charge is 0.254 e. The molecule has 1 amide bonds. The molecule has 3 heterocycles. The van der Waals surface area contributed by atoms with Gasteiger partial charge in [-0.3, -0.25) is 14.6 Å². The number of nitrogens with zero attached hydrogens (tertiary/aromatic N) is 5. The van der Waals surface area contributed by atoms with Gasteiger partial charge in [0.1, 0.15) is 5.82 Å². The SMILES string of the molecule is Cc1n[nH]c(C)c1CNc1nc(Nc2cnn(C)c2)ncc1C(N)=O. The van der Waals surface area contributed by atoms with Crippen LogP contribution in [-0.2, 0) is 13.6 Å². The Morgan fingerprint density at radius 1 is 1.36 bits per heavy atom. The molecule has 0 aliphatic rings. The molecule has 3 aromatic rings. The van der Waals surface area contributed by atoms with Crippen LogP contribution in [0.15, 0.2) is 18.6 Å². The minimum atomic E-state index is -0.601. The van der Waals surface area contributed by atoms with Gasteiger partial charge in [-0.25, -0.2) is 4.98 Å². The quantitative estimate of drug-likeness (QED) is 0.524. The van der Waals surface area contributed by atoms with Gasteiger partial charge in [0.25, 0.3) is 5.91 Å². The first-order valence-corrected chi connectivity index (χ1v) is 7.61. The lowest BCUT2D eigenvalue weighted by Gasteiger charge is -2.11. The van der Waals surface area contributed by atoms with E-state index in [0.29, 0.717) is 18.3 Å². The maximum Gasteiger partial charge on any atom is 0.254 e. The predicted octanol–water partition coefficient (Wildman–Crippen LogP) is 1.00. The second kappa shape index (κ2) is 6.59. The largest absolute Gasteiger partial charge is 0.365 e. The van der Waals surface area contributed by atoms with Crippen molar-refractivity contribution in [3.05, 3.63) is 41.1 Å². The van der Waals surface area contributed by atoms with Crippen molar-refractivity contribution in [1.29, 1.82) is 0 Å². The number of aromatic nitrogens is 6. The summed E-state index contributed by atoms with van der Waals surface area (Å²) in [5.74, 6) is 0.0890. The van der Waals surface area contributed by atoms with Crippen LogP contribution in [-0.4, -0.2) is 35.9 Å². The van der Waals surface area contributed by atoms with E-state index in [-0.39, 0.29) is 5.56 Å². The molecule has 0 saturated carbocycles. The number of carbonyl (C=O) groups is 1. The van der Waals surface area contributed by atoms with Crippen LogP contribution in [0.4, 0.5) is 17.5 Å². The van der Waals surface area contributed by atoms with Crippen LogP contribution in [0.25, 0.3) is 0 Å². The molecule has 0 aliphatic heterocycles. The molecule has 0 fully saturated rings. The monoisotopic (exact) mass is 341 g/mol. The van der Waals surface area contributed by atoms with Crippen LogP contribution in [0.5, 0.6) is 0 Å². The highest BCUT2D eigenvalue weighted by Crippen LogP contribution is 2.19. The number of aromatic amines is 1. The van der Waals surface area contributed by atoms with Gasteiger partial charge in [-0.05, 0) is 13.8 Å². The van der Waals surface area contributed by atoms with Gasteiger partial charge in [0.05, 0.1) is 23.1 Å². The topological polar surface area (TPSA) is 139 Å². The Balaban J connectivity index is 1.84. The van der Waals surface area contributed by atoms with E-state index >= 15 is 0 Å². The summed E-state index contributed by atoms with van der Waals surface area (Å²) < 4.78 is 1.66. The number of hydrogen-bond acceptors (Lipinski definition) is 7. The first kappa shape index (κ1) is 16.4. The number of anilines is 3. The Morgan fingerprint density at radius 3 is 2.76 bits per heavy atom. The number of nitrogens with two attached hydrogens (primary N) is 1. The molecule has 0 aliphatic carbocycles. The summed E-state index contributed by atoms with van der Waals surface area (Å²) in [4.78, 5) is 20.1. The minimum Gasteiger partial charge on any atom is -0.365 e. The molecule has 130 valence electrons. The fourth-order valence-electron chi connectivity index (χ4n) is 2.38. The fraction of sp³-hybridized carbons (Fsp3) is 0.267. The Labute approximate surface area is 143 Å². The first-order valence-electron chi connectivity index (χ1n) is 7.61. The molecule has 3 aromatic heterocycles. The molecule has 10 nitrogen and oxygen atoms in total. The summed E-state index contributed by atoms with van der Waals surface area (Å²) >= 11 is 0. The van der Waals surface area contributed by atoms with E-state index in [0.717, 1.165) is 22.6 Å².